The Morgan fingerprint density at radius 3 is 2.53 bits per heavy atom. The molecule has 1 fully saturated rings. The number of benzene rings is 1. The molecule has 17 heavy (non-hydrogen) atoms. The number of tetrazole rings is 1. The fraction of sp³-hybridized carbons (Fsp3) is 0.417. The van der Waals surface area contributed by atoms with Gasteiger partial charge >= 0.3 is 0 Å². The summed E-state index contributed by atoms with van der Waals surface area (Å²) in [5.74, 6) is 0. The SMILES string of the molecule is c1cc(-n2cnnn2)ccc1NC1CCCC1. The van der Waals surface area contributed by atoms with Crippen molar-refractivity contribution in [2.45, 2.75) is 31.7 Å². The highest BCUT2D eigenvalue weighted by atomic mass is 15.5. The Labute approximate surface area is 99.8 Å². The molecule has 0 spiro atoms. The highest BCUT2D eigenvalue weighted by Gasteiger charge is 2.14. The average Bonchev–Trinajstić information content (AvgIpc) is 3.01. The van der Waals surface area contributed by atoms with Crippen LogP contribution in [0.2, 0.25) is 0 Å². The van der Waals surface area contributed by atoms with Gasteiger partial charge in [0, 0.05) is 11.7 Å². The minimum atomic E-state index is 0.647. The second kappa shape index (κ2) is 4.53. The van der Waals surface area contributed by atoms with Crippen LogP contribution in [0.1, 0.15) is 25.7 Å². The number of anilines is 1. The lowest BCUT2D eigenvalue weighted by molar-refractivity contribution is 0.755. The van der Waals surface area contributed by atoms with Crippen molar-refractivity contribution >= 4 is 5.69 Å². The predicted molar refractivity (Wildman–Crippen MR) is 65.0 cm³/mol. The zero-order chi connectivity index (χ0) is 11.5. The molecule has 1 saturated carbocycles. The summed E-state index contributed by atoms with van der Waals surface area (Å²) in [6.45, 7) is 0. The summed E-state index contributed by atoms with van der Waals surface area (Å²) >= 11 is 0. The second-order valence-corrected chi connectivity index (χ2v) is 4.43. The molecule has 0 atom stereocenters. The van der Waals surface area contributed by atoms with Gasteiger partial charge in [-0.15, -0.1) is 5.10 Å². The summed E-state index contributed by atoms with van der Waals surface area (Å²) in [5, 5.41) is 14.6. The van der Waals surface area contributed by atoms with Crippen molar-refractivity contribution in [3.8, 4) is 5.69 Å². The maximum Gasteiger partial charge on any atom is 0.143 e. The number of rotatable bonds is 3. The number of nitrogens with zero attached hydrogens (tertiary/aromatic N) is 4. The molecule has 1 N–H and O–H groups in total. The van der Waals surface area contributed by atoms with Gasteiger partial charge in [0.1, 0.15) is 6.33 Å². The Hall–Kier alpha value is -1.91. The van der Waals surface area contributed by atoms with Gasteiger partial charge in [-0.2, -0.15) is 0 Å². The summed E-state index contributed by atoms with van der Waals surface area (Å²) < 4.78 is 1.65. The zero-order valence-corrected chi connectivity index (χ0v) is 9.58. The van der Waals surface area contributed by atoms with Crippen LogP contribution in [0.5, 0.6) is 0 Å². The lowest BCUT2D eigenvalue weighted by Crippen LogP contribution is -2.14. The fourth-order valence-electron chi connectivity index (χ4n) is 2.30. The monoisotopic (exact) mass is 229 g/mol. The third-order valence-corrected chi connectivity index (χ3v) is 3.21. The minimum Gasteiger partial charge on any atom is -0.382 e. The van der Waals surface area contributed by atoms with Gasteiger partial charge < -0.3 is 5.32 Å². The van der Waals surface area contributed by atoms with Crippen molar-refractivity contribution in [1.29, 1.82) is 0 Å². The molecule has 1 aliphatic carbocycles. The lowest BCUT2D eigenvalue weighted by atomic mass is 10.2. The van der Waals surface area contributed by atoms with E-state index in [0.717, 1.165) is 5.69 Å². The number of aromatic nitrogens is 4. The molecular formula is C12H15N5. The molecule has 88 valence electrons. The molecule has 5 nitrogen and oxygen atoms in total. The van der Waals surface area contributed by atoms with Crippen molar-refractivity contribution in [2.24, 2.45) is 0 Å². The molecule has 0 unspecified atom stereocenters. The summed E-state index contributed by atoms with van der Waals surface area (Å²) in [7, 11) is 0. The maximum atomic E-state index is 3.85. The minimum absolute atomic E-state index is 0.647. The first-order valence-electron chi connectivity index (χ1n) is 6.02. The Morgan fingerprint density at radius 2 is 1.88 bits per heavy atom. The molecule has 3 rings (SSSR count). The lowest BCUT2D eigenvalue weighted by Gasteiger charge is -2.13. The molecular weight excluding hydrogens is 214 g/mol. The molecule has 0 aliphatic heterocycles. The first-order valence-corrected chi connectivity index (χ1v) is 6.02. The van der Waals surface area contributed by atoms with E-state index in [4.69, 9.17) is 0 Å². The summed E-state index contributed by atoms with van der Waals surface area (Å²) in [5.41, 5.74) is 2.15. The first kappa shape index (κ1) is 10.3. The quantitative estimate of drug-likeness (QED) is 0.874. The van der Waals surface area contributed by atoms with E-state index in [0.29, 0.717) is 6.04 Å². The van der Waals surface area contributed by atoms with Crippen LogP contribution in [0.15, 0.2) is 30.6 Å². The second-order valence-electron chi connectivity index (χ2n) is 4.43. The van der Waals surface area contributed by atoms with E-state index >= 15 is 0 Å². The molecule has 1 heterocycles. The van der Waals surface area contributed by atoms with Crippen molar-refractivity contribution in [3.63, 3.8) is 0 Å². The molecule has 2 aromatic rings. The molecule has 0 saturated heterocycles. The van der Waals surface area contributed by atoms with Crippen molar-refractivity contribution in [3.05, 3.63) is 30.6 Å². The summed E-state index contributed by atoms with van der Waals surface area (Å²) in [4.78, 5) is 0. The van der Waals surface area contributed by atoms with Gasteiger partial charge in [0.25, 0.3) is 0 Å². The van der Waals surface area contributed by atoms with E-state index in [1.165, 1.54) is 31.4 Å². The Bertz CT molecular complexity index is 456. The van der Waals surface area contributed by atoms with Crippen LogP contribution < -0.4 is 5.32 Å². The number of hydrogen-bond acceptors (Lipinski definition) is 4. The molecule has 5 heteroatoms. The Morgan fingerprint density at radius 1 is 1.12 bits per heavy atom. The number of nitrogens with one attached hydrogen (secondary N) is 1. The third kappa shape index (κ3) is 2.27. The van der Waals surface area contributed by atoms with E-state index < -0.39 is 0 Å². The fourth-order valence-corrected chi connectivity index (χ4v) is 2.30. The summed E-state index contributed by atoms with van der Waals surface area (Å²) in [6.07, 6.45) is 6.86. The smallest absolute Gasteiger partial charge is 0.143 e. The van der Waals surface area contributed by atoms with Gasteiger partial charge in [-0.1, -0.05) is 12.8 Å². The average molecular weight is 229 g/mol. The van der Waals surface area contributed by atoms with Gasteiger partial charge in [-0.05, 0) is 47.5 Å². The molecule has 0 radical (unpaired) electrons. The van der Waals surface area contributed by atoms with E-state index in [1.54, 1.807) is 11.0 Å². The van der Waals surface area contributed by atoms with E-state index in [9.17, 15) is 0 Å². The van der Waals surface area contributed by atoms with Crippen molar-refractivity contribution in [2.75, 3.05) is 5.32 Å². The highest BCUT2D eigenvalue weighted by molar-refractivity contribution is 5.49. The van der Waals surface area contributed by atoms with Crippen LogP contribution in [0, 0.1) is 0 Å². The van der Waals surface area contributed by atoms with Crippen LogP contribution in [-0.4, -0.2) is 26.2 Å². The Kier molecular flexibility index (Phi) is 2.73. The van der Waals surface area contributed by atoms with E-state index in [-0.39, 0.29) is 0 Å². The Balaban J connectivity index is 1.71. The summed E-state index contributed by atoms with van der Waals surface area (Å²) in [6, 6.07) is 8.85. The molecule has 1 aliphatic rings. The molecule has 0 bridgehead atoms. The third-order valence-electron chi connectivity index (χ3n) is 3.21. The maximum absolute atomic E-state index is 3.85. The first-order chi connectivity index (χ1) is 8.42. The largest absolute Gasteiger partial charge is 0.382 e. The van der Waals surface area contributed by atoms with Crippen LogP contribution in [-0.2, 0) is 0 Å². The normalized spacial score (nSPS) is 16.2. The number of hydrogen-bond donors (Lipinski definition) is 1. The topological polar surface area (TPSA) is 55.6 Å². The van der Waals surface area contributed by atoms with Gasteiger partial charge in [0.15, 0.2) is 0 Å². The predicted octanol–water partition coefficient (Wildman–Crippen LogP) is 2.02. The highest BCUT2D eigenvalue weighted by Crippen LogP contribution is 2.22. The molecule has 1 aromatic carbocycles. The van der Waals surface area contributed by atoms with Crippen molar-refractivity contribution in [1.82, 2.24) is 20.2 Å². The van der Waals surface area contributed by atoms with E-state index in [2.05, 4.69) is 33.0 Å². The van der Waals surface area contributed by atoms with Gasteiger partial charge in [-0.25, -0.2) is 4.68 Å². The van der Waals surface area contributed by atoms with Crippen molar-refractivity contribution < 1.29 is 0 Å². The van der Waals surface area contributed by atoms with Gasteiger partial charge in [0.2, 0.25) is 0 Å². The van der Waals surface area contributed by atoms with Crippen LogP contribution in [0.3, 0.4) is 0 Å². The van der Waals surface area contributed by atoms with Gasteiger partial charge in [0.05, 0.1) is 5.69 Å². The zero-order valence-electron chi connectivity index (χ0n) is 9.58. The van der Waals surface area contributed by atoms with E-state index in [1.807, 2.05) is 12.1 Å². The molecule has 1 aromatic heterocycles. The van der Waals surface area contributed by atoms with Crippen LogP contribution in [0.4, 0.5) is 5.69 Å². The van der Waals surface area contributed by atoms with Crippen LogP contribution >= 0.6 is 0 Å². The van der Waals surface area contributed by atoms with Crippen LogP contribution in [0.25, 0.3) is 5.69 Å². The standard InChI is InChI=1S/C12H15N5/c1-2-4-10(3-1)14-11-5-7-12(8-6-11)17-9-13-15-16-17/h5-10,14H,1-4H2. The van der Waals surface area contributed by atoms with Gasteiger partial charge in [-0.3, -0.25) is 0 Å². The molecule has 0 amide bonds.